The maximum absolute atomic E-state index is 6.39. The van der Waals surface area contributed by atoms with Crippen LogP contribution >= 0.6 is 0 Å². The molecule has 9 heavy (non-hydrogen) atoms. The van der Waals surface area contributed by atoms with Crippen LogP contribution in [0.1, 0.15) is 5.76 Å². The minimum absolute atomic E-state index is 0.288. The fraction of sp³-hybridized carbons (Fsp3) is 0.143. The molecule has 45 valence electrons. The highest BCUT2D eigenvalue weighted by molar-refractivity contribution is 4.96. The summed E-state index contributed by atoms with van der Waals surface area (Å²) in [5.74, 6) is 0.703. The molecular formula is C7H5O2. The highest BCUT2D eigenvalue weighted by Gasteiger charge is 1.91. The Morgan fingerprint density at radius 2 is 2.67 bits per heavy atom. The van der Waals surface area contributed by atoms with Crippen LogP contribution in [0.4, 0.5) is 0 Å². The van der Waals surface area contributed by atoms with Crippen LogP contribution in [0.3, 0.4) is 0 Å². The van der Waals surface area contributed by atoms with Crippen LogP contribution in [-0.4, -0.2) is 0 Å². The lowest BCUT2D eigenvalue weighted by atomic mass is 10.5. The van der Waals surface area contributed by atoms with Crippen LogP contribution in [0, 0.1) is 12.5 Å². The van der Waals surface area contributed by atoms with E-state index >= 15 is 0 Å². The molecule has 2 heteroatoms. The maximum atomic E-state index is 6.39. The van der Waals surface area contributed by atoms with Crippen molar-refractivity contribution in [2.75, 3.05) is 0 Å². The van der Waals surface area contributed by atoms with E-state index in [0.29, 0.717) is 5.76 Å². The van der Waals surface area contributed by atoms with Crippen molar-refractivity contribution >= 4 is 0 Å². The second-order valence-corrected chi connectivity index (χ2v) is 1.47. The van der Waals surface area contributed by atoms with Gasteiger partial charge in [-0.05, 0) is 12.1 Å². The standard InChI is InChI=1S/C7H5O2/c1-2-8-6-7-4-3-5-9-7/h3-5H,6H2. The summed E-state index contributed by atoms with van der Waals surface area (Å²) < 4.78 is 9.39. The summed E-state index contributed by atoms with van der Waals surface area (Å²) in [5, 5.41) is 0. The smallest absolute Gasteiger partial charge is 0.158 e. The van der Waals surface area contributed by atoms with Gasteiger partial charge < -0.3 is 9.15 Å². The van der Waals surface area contributed by atoms with E-state index < -0.39 is 0 Å². The Labute approximate surface area is 53.4 Å². The van der Waals surface area contributed by atoms with Crippen molar-refractivity contribution in [2.24, 2.45) is 0 Å². The fourth-order valence-corrected chi connectivity index (χ4v) is 0.502. The average Bonchev–Trinajstić information content (AvgIpc) is 2.34. The van der Waals surface area contributed by atoms with Gasteiger partial charge in [-0.1, -0.05) is 0 Å². The van der Waals surface area contributed by atoms with E-state index in [1.807, 2.05) is 0 Å². The van der Waals surface area contributed by atoms with Crippen LogP contribution in [0.15, 0.2) is 22.8 Å². The van der Waals surface area contributed by atoms with E-state index in [2.05, 4.69) is 4.74 Å². The summed E-state index contributed by atoms with van der Waals surface area (Å²) in [6.07, 6.45) is 9.75. The van der Waals surface area contributed by atoms with Crippen LogP contribution in [0.2, 0.25) is 0 Å². The maximum Gasteiger partial charge on any atom is 0.158 e. The van der Waals surface area contributed by atoms with Crippen LogP contribution < -0.4 is 0 Å². The molecule has 1 radical (unpaired) electrons. The SMILES string of the molecule is [C]#COCc1ccco1. The van der Waals surface area contributed by atoms with Crippen molar-refractivity contribution in [1.29, 1.82) is 0 Å². The number of furan rings is 1. The van der Waals surface area contributed by atoms with Crippen molar-refractivity contribution < 1.29 is 9.15 Å². The first-order valence-corrected chi connectivity index (χ1v) is 2.49. The Balaban J connectivity index is 2.41. The molecular weight excluding hydrogens is 116 g/mol. The summed E-state index contributed by atoms with van der Waals surface area (Å²) in [6, 6.07) is 3.54. The van der Waals surface area contributed by atoms with Gasteiger partial charge in [0.2, 0.25) is 0 Å². The first-order chi connectivity index (χ1) is 4.43. The molecule has 0 aliphatic rings. The van der Waals surface area contributed by atoms with E-state index in [-0.39, 0.29) is 6.61 Å². The van der Waals surface area contributed by atoms with Crippen molar-refractivity contribution in [3.05, 3.63) is 30.6 Å². The van der Waals surface area contributed by atoms with Gasteiger partial charge in [0.05, 0.1) is 6.26 Å². The van der Waals surface area contributed by atoms with Gasteiger partial charge >= 0.3 is 0 Å². The zero-order chi connectivity index (χ0) is 6.53. The van der Waals surface area contributed by atoms with E-state index in [9.17, 15) is 0 Å². The minimum atomic E-state index is 0.288. The molecule has 1 rings (SSSR count). The van der Waals surface area contributed by atoms with Crippen LogP contribution in [0.5, 0.6) is 0 Å². The Bertz CT molecular complexity index is 193. The number of hydrogen-bond donors (Lipinski definition) is 0. The third kappa shape index (κ3) is 1.54. The van der Waals surface area contributed by atoms with Gasteiger partial charge in [-0.3, -0.25) is 0 Å². The topological polar surface area (TPSA) is 22.4 Å². The lowest BCUT2D eigenvalue weighted by Crippen LogP contribution is -1.80. The second kappa shape index (κ2) is 2.83. The zero-order valence-corrected chi connectivity index (χ0v) is 4.76. The lowest BCUT2D eigenvalue weighted by molar-refractivity contribution is 0.234. The van der Waals surface area contributed by atoms with E-state index in [0.717, 1.165) is 0 Å². The molecule has 0 bridgehead atoms. The number of rotatable bonds is 2. The van der Waals surface area contributed by atoms with E-state index in [1.54, 1.807) is 24.5 Å². The third-order valence-electron chi connectivity index (χ3n) is 0.867. The van der Waals surface area contributed by atoms with Gasteiger partial charge in [-0.25, -0.2) is 0 Å². The van der Waals surface area contributed by atoms with Crippen LogP contribution in [0.25, 0.3) is 0 Å². The van der Waals surface area contributed by atoms with Gasteiger partial charge in [-0.2, -0.15) is 0 Å². The highest BCUT2D eigenvalue weighted by Crippen LogP contribution is 2.00. The molecule has 1 aromatic heterocycles. The third-order valence-corrected chi connectivity index (χ3v) is 0.867. The molecule has 0 fully saturated rings. The van der Waals surface area contributed by atoms with Gasteiger partial charge in [0.1, 0.15) is 11.9 Å². The average molecular weight is 121 g/mol. The summed E-state index contributed by atoms with van der Waals surface area (Å²) in [7, 11) is 0. The van der Waals surface area contributed by atoms with E-state index in [1.165, 1.54) is 0 Å². The van der Waals surface area contributed by atoms with Gasteiger partial charge in [0.15, 0.2) is 6.61 Å². The number of ether oxygens (including phenoxy) is 1. The Kier molecular flexibility index (Phi) is 1.81. The predicted molar refractivity (Wildman–Crippen MR) is 30.6 cm³/mol. The summed E-state index contributed by atoms with van der Waals surface area (Å²) in [4.78, 5) is 0. The Morgan fingerprint density at radius 3 is 3.22 bits per heavy atom. The molecule has 0 atom stereocenters. The molecule has 0 aliphatic heterocycles. The Hall–Kier alpha value is -1.36. The highest BCUT2D eigenvalue weighted by atomic mass is 16.5. The summed E-state index contributed by atoms with van der Waals surface area (Å²) in [6.45, 7) is 0.288. The zero-order valence-electron chi connectivity index (χ0n) is 4.76. The van der Waals surface area contributed by atoms with Gasteiger partial charge in [0.25, 0.3) is 0 Å². The van der Waals surface area contributed by atoms with Crippen LogP contribution in [-0.2, 0) is 11.3 Å². The second-order valence-electron chi connectivity index (χ2n) is 1.47. The lowest BCUT2D eigenvalue weighted by Gasteiger charge is -1.89. The molecule has 0 saturated heterocycles. The number of hydrogen-bond acceptors (Lipinski definition) is 2. The summed E-state index contributed by atoms with van der Waals surface area (Å²) >= 11 is 0. The molecule has 1 heterocycles. The van der Waals surface area contributed by atoms with Gasteiger partial charge in [0, 0.05) is 6.42 Å². The molecule has 2 nitrogen and oxygen atoms in total. The molecule has 0 unspecified atom stereocenters. The molecule has 0 aliphatic carbocycles. The first kappa shape index (κ1) is 5.77. The molecule has 0 N–H and O–H groups in total. The van der Waals surface area contributed by atoms with Crippen molar-refractivity contribution in [3.8, 4) is 6.11 Å². The fourth-order valence-electron chi connectivity index (χ4n) is 0.502. The predicted octanol–water partition coefficient (Wildman–Crippen LogP) is 1.34. The molecule has 0 aromatic carbocycles. The Morgan fingerprint density at radius 1 is 1.78 bits per heavy atom. The normalized spacial score (nSPS) is 8.33. The van der Waals surface area contributed by atoms with Gasteiger partial charge in [-0.15, -0.1) is 0 Å². The first-order valence-electron chi connectivity index (χ1n) is 2.49. The molecule has 0 amide bonds. The quantitative estimate of drug-likeness (QED) is 0.551. The van der Waals surface area contributed by atoms with Crippen molar-refractivity contribution in [2.45, 2.75) is 6.61 Å². The largest absolute Gasteiger partial charge is 0.466 e. The molecule has 1 aromatic rings. The van der Waals surface area contributed by atoms with Crippen molar-refractivity contribution in [1.82, 2.24) is 0 Å². The van der Waals surface area contributed by atoms with E-state index in [4.69, 9.17) is 10.8 Å². The minimum Gasteiger partial charge on any atom is -0.466 e. The van der Waals surface area contributed by atoms with Crippen molar-refractivity contribution in [3.63, 3.8) is 0 Å². The summed E-state index contributed by atoms with van der Waals surface area (Å²) in [5.41, 5.74) is 0. The monoisotopic (exact) mass is 121 g/mol. The molecule has 0 saturated carbocycles. The molecule has 0 spiro atoms.